The molecule has 0 aromatic heterocycles. The third-order valence-electron chi connectivity index (χ3n) is 5.34. The van der Waals surface area contributed by atoms with Gasteiger partial charge in [0.05, 0.1) is 6.61 Å². The Bertz CT molecular complexity index is 1050. The lowest BCUT2D eigenvalue weighted by Gasteiger charge is -2.24. The minimum atomic E-state index is -1.26. The molecule has 1 amide bonds. The summed E-state index contributed by atoms with van der Waals surface area (Å²) in [6.45, 7) is 1.60. The van der Waals surface area contributed by atoms with Crippen molar-refractivity contribution in [2.75, 3.05) is 40.1 Å². The van der Waals surface area contributed by atoms with Crippen LogP contribution in [0.1, 0.15) is 24.0 Å². The van der Waals surface area contributed by atoms with E-state index in [1.807, 2.05) is 6.07 Å². The van der Waals surface area contributed by atoms with Gasteiger partial charge in [-0.3, -0.25) is 10.2 Å². The number of aliphatic hydroxyl groups is 1. The highest BCUT2D eigenvalue weighted by Gasteiger charge is 2.45. The molecule has 0 saturated carbocycles. The first-order valence-electron chi connectivity index (χ1n) is 11.3. The molecule has 0 saturated heterocycles. The molecule has 0 bridgehead atoms. The second kappa shape index (κ2) is 13.3. The number of aliphatic imine (C=N–C) groups is 1. The van der Waals surface area contributed by atoms with E-state index in [0.29, 0.717) is 54.6 Å². The maximum absolute atomic E-state index is 13.3. The van der Waals surface area contributed by atoms with Crippen LogP contribution in [0.4, 0.5) is 5.69 Å². The molecule has 0 spiro atoms. The number of nitrogens with zero attached hydrogens (tertiary/aromatic N) is 4. The van der Waals surface area contributed by atoms with Gasteiger partial charge in [-0.1, -0.05) is 29.4 Å². The summed E-state index contributed by atoms with van der Waals surface area (Å²) in [7, 11) is 1.62. The van der Waals surface area contributed by atoms with Gasteiger partial charge >= 0.3 is 0 Å². The fourth-order valence-corrected chi connectivity index (χ4v) is 3.52. The van der Waals surface area contributed by atoms with Crippen LogP contribution < -0.4 is 15.6 Å². The summed E-state index contributed by atoms with van der Waals surface area (Å²) in [6, 6.07) is 14.3. The Kier molecular flexibility index (Phi) is 9.88. The number of aliphatic hydroxyl groups excluding tert-OH is 1. The Morgan fingerprint density at radius 1 is 1.23 bits per heavy atom. The Morgan fingerprint density at radius 2 is 2.03 bits per heavy atom. The Labute approximate surface area is 203 Å². The zero-order chi connectivity index (χ0) is 24.9. The average molecular weight is 483 g/mol. The van der Waals surface area contributed by atoms with Gasteiger partial charge in [-0.05, 0) is 41.8 Å². The van der Waals surface area contributed by atoms with Crippen molar-refractivity contribution in [3.8, 4) is 5.75 Å². The lowest BCUT2D eigenvalue weighted by Crippen LogP contribution is -2.53. The fraction of sp³-hybridized carbons (Fsp3) is 0.417. The summed E-state index contributed by atoms with van der Waals surface area (Å²) in [5.41, 5.74) is 15.1. The molecular weight excluding hydrogens is 452 g/mol. The van der Waals surface area contributed by atoms with Crippen molar-refractivity contribution in [1.29, 1.82) is 0 Å². The van der Waals surface area contributed by atoms with Gasteiger partial charge in [-0.15, -0.1) is 0 Å². The van der Waals surface area contributed by atoms with Gasteiger partial charge in [-0.2, -0.15) is 0 Å². The number of hydrogen-bond acceptors (Lipinski definition) is 8. The molecule has 3 rings (SSSR count). The van der Waals surface area contributed by atoms with Gasteiger partial charge in [0, 0.05) is 55.9 Å². The van der Waals surface area contributed by atoms with Crippen LogP contribution in [0.3, 0.4) is 0 Å². The Hall–Kier alpha value is -3.63. The summed E-state index contributed by atoms with van der Waals surface area (Å²) in [5, 5.41) is 12.6. The second-order valence-corrected chi connectivity index (χ2v) is 7.91. The summed E-state index contributed by atoms with van der Waals surface area (Å²) in [4.78, 5) is 20.9. The third kappa shape index (κ3) is 7.17. The predicted octanol–water partition coefficient (Wildman–Crippen LogP) is 2.81. The Balaban J connectivity index is 1.83. The lowest BCUT2D eigenvalue weighted by molar-refractivity contribution is -0.127. The zero-order valence-corrected chi connectivity index (χ0v) is 19.6. The number of carbonyl (C=O) groups is 1. The summed E-state index contributed by atoms with van der Waals surface area (Å²) in [6.07, 6.45) is 1.45. The van der Waals surface area contributed by atoms with Gasteiger partial charge in [0.1, 0.15) is 12.4 Å². The molecule has 0 unspecified atom stereocenters. The second-order valence-electron chi connectivity index (χ2n) is 7.91. The van der Waals surface area contributed by atoms with Crippen molar-refractivity contribution in [3.63, 3.8) is 0 Å². The van der Waals surface area contributed by atoms with Crippen LogP contribution in [0.2, 0.25) is 0 Å². The van der Waals surface area contributed by atoms with E-state index in [-0.39, 0.29) is 25.5 Å². The fourth-order valence-electron chi connectivity index (χ4n) is 3.52. The molecule has 2 aromatic carbocycles. The number of methoxy groups -OCH3 is 1. The topological polar surface area (TPSA) is 150 Å². The molecule has 11 nitrogen and oxygen atoms in total. The summed E-state index contributed by atoms with van der Waals surface area (Å²) < 4.78 is 16.5. The van der Waals surface area contributed by atoms with Crippen molar-refractivity contribution in [2.45, 2.75) is 24.8 Å². The standard InChI is InChI=1S/C24H30N6O5/c1-33-14-4-12-26-29-23(32)24(16-19-6-2-3-7-21(19)28-30-25)17-35-22(27-24)18-8-10-20(11-9-18)34-15-5-13-31/h2-3,6-11,26,31H,4-5,12-17H2,1H3,(H,29,32)/t24-/m0/s1. The van der Waals surface area contributed by atoms with Gasteiger partial charge in [0.25, 0.3) is 5.91 Å². The maximum Gasteiger partial charge on any atom is 0.266 e. The van der Waals surface area contributed by atoms with Gasteiger partial charge in [0.2, 0.25) is 5.90 Å². The van der Waals surface area contributed by atoms with E-state index < -0.39 is 5.54 Å². The number of benzene rings is 2. The van der Waals surface area contributed by atoms with Crippen LogP contribution in [-0.2, 0) is 20.7 Å². The van der Waals surface area contributed by atoms with Gasteiger partial charge < -0.3 is 19.3 Å². The number of carbonyl (C=O) groups excluding carboxylic acids is 1. The first-order valence-corrected chi connectivity index (χ1v) is 11.3. The molecule has 1 aliphatic heterocycles. The van der Waals surface area contributed by atoms with Crippen LogP contribution in [0.25, 0.3) is 10.4 Å². The first kappa shape index (κ1) is 26.0. The molecule has 11 heteroatoms. The Morgan fingerprint density at radius 3 is 2.77 bits per heavy atom. The zero-order valence-electron chi connectivity index (χ0n) is 19.6. The molecule has 2 aromatic rings. The monoisotopic (exact) mass is 482 g/mol. The van der Waals surface area contributed by atoms with Crippen LogP contribution in [0, 0.1) is 0 Å². The number of nitrogens with one attached hydrogen (secondary N) is 2. The number of rotatable bonds is 14. The van der Waals surface area contributed by atoms with Crippen molar-refractivity contribution < 1.29 is 24.1 Å². The molecule has 35 heavy (non-hydrogen) atoms. The van der Waals surface area contributed by atoms with E-state index in [2.05, 4.69) is 20.9 Å². The minimum absolute atomic E-state index is 0.0211. The highest BCUT2D eigenvalue weighted by Crippen LogP contribution is 2.31. The SMILES string of the molecule is COCCCNNC(=O)[C@]1(Cc2ccccc2N=[N+]=[N-])COC(c2ccc(OCCCO)cc2)=N1. The summed E-state index contributed by atoms with van der Waals surface area (Å²) >= 11 is 0. The molecule has 0 radical (unpaired) electrons. The number of azide groups is 1. The molecule has 1 heterocycles. The van der Waals surface area contributed by atoms with Crippen molar-refractivity contribution in [3.05, 3.63) is 70.1 Å². The van der Waals surface area contributed by atoms with Crippen molar-refractivity contribution in [2.24, 2.45) is 10.1 Å². The summed E-state index contributed by atoms with van der Waals surface area (Å²) in [5.74, 6) is 0.640. The minimum Gasteiger partial charge on any atom is -0.494 e. The third-order valence-corrected chi connectivity index (χ3v) is 5.34. The molecule has 3 N–H and O–H groups in total. The van der Waals surface area contributed by atoms with Crippen molar-refractivity contribution >= 4 is 17.5 Å². The number of hydrazine groups is 1. The molecule has 1 atom stereocenters. The van der Waals surface area contributed by atoms with Gasteiger partial charge in [0.15, 0.2) is 5.54 Å². The van der Waals surface area contributed by atoms with Crippen molar-refractivity contribution in [1.82, 2.24) is 10.9 Å². The van der Waals surface area contributed by atoms with E-state index in [4.69, 9.17) is 29.8 Å². The largest absolute Gasteiger partial charge is 0.494 e. The number of ether oxygens (including phenoxy) is 3. The van der Waals surface area contributed by atoms with Crippen LogP contribution in [0.5, 0.6) is 5.75 Å². The quantitative estimate of drug-likeness (QED) is 0.124. The highest BCUT2D eigenvalue weighted by molar-refractivity contribution is 6.00. The molecular formula is C24H30N6O5. The van der Waals surface area contributed by atoms with E-state index in [1.54, 1.807) is 49.6 Å². The normalized spacial score (nSPS) is 16.7. The smallest absolute Gasteiger partial charge is 0.266 e. The van der Waals surface area contributed by atoms with E-state index in [1.165, 1.54) is 0 Å². The van der Waals surface area contributed by atoms with E-state index in [0.717, 1.165) is 6.42 Å². The van der Waals surface area contributed by atoms with Crippen LogP contribution in [0.15, 0.2) is 58.6 Å². The predicted molar refractivity (Wildman–Crippen MR) is 130 cm³/mol. The van der Waals surface area contributed by atoms with E-state index >= 15 is 0 Å². The molecule has 1 aliphatic rings. The average Bonchev–Trinajstić information content (AvgIpc) is 3.31. The first-order chi connectivity index (χ1) is 17.1. The maximum atomic E-state index is 13.3. The highest BCUT2D eigenvalue weighted by atomic mass is 16.5. The molecule has 0 fully saturated rings. The van der Waals surface area contributed by atoms with Crippen LogP contribution in [-0.4, -0.2) is 62.5 Å². The lowest BCUT2D eigenvalue weighted by atomic mass is 9.91. The van der Waals surface area contributed by atoms with E-state index in [9.17, 15) is 4.79 Å². The van der Waals surface area contributed by atoms with Crippen LogP contribution >= 0.6 is 0 Å². The number of amides is 1. The number of hydrogen-bond donors (Lipinski definition) is 3. The molecule has 0 aliphatic carbocycles. The van der Waals surface area contributed by atoms with Gasteiger partial charge in [-0.25, -0.2) is 10.4 Å². The molecule has 186 valence electrons.